The lowest BCUT2D eigenvalue weighted by Crippen LogP contribution is -2.40. The molecule has 0 aromatic rings. The Morgan fingerprint density at radius 1 is 1.33 bits per heavy atom. The van der Waals surface area contributed by atoms with Crippen LogP contribution in [0.5, 0.6) is 0 Å². The Morgan fingerprint density at radius 3 is 2.73 bits per heavy atom. The Bertz CT molecular complexity index is 564. The van der Waals surface area contributed by atoms with Gasteiger partial charge in [-0.2, -0.15) is 0 Å². The van der Waals surface area contributed by atoms with Crippen LogP contribution in [0.2, 0.25) is 0 Å². The average molecular weight is 440 g/mol. The van der Waals surface area contributed by atoms with Gasteiger partial charge in [0.15, 0.2) is 0 Å². The van der Waals surface area contributed by atoms with E-state index in [2.05, 4.69) is 38.2 Å². The van der Waals surface area contributed by atoms with Gasteiger partial charge in [0.05, 0.1) is 18.8 Å². The van der Waals surface area contributed by atoms with Crippen molar-refractivity contribution >= 4 is 17.6 Å². The molecule has 0 aliphatic heterocycles. The quantitative estimate of drug-likeness (QED) is 0.175. The number of carbonyl (C=O) groups excluding carboxylic acids is 1. The van der Waals surface area contributed by atoms with Gasteiger partial charge < -0.3 is 14.9 Å². The van der Waals surface area contributed by atoms with Gasteiger partial charge in [-0.25, -0.2) is 0 Å². The maximum Gasteiger partial charge on any atom is 0.305 e. The molecular formula is C25H40ClO4. The molecule has 0 bridgehead atoms. The topological polar surface area (TPSA) is 66.8 Å². The molecule has 2 fully saturated rings. The van der Waals surface area contributed by atoms with Crippen LogP contribution in [0, 0.1) is 24.2 Å². The van der Waals surface area contributed by atoms with Crippen LogP contribution in [0.4, 0.5) is 0 Å². The summed E-state index contributed by atoms with van der Waals surface area (Å²) >= 11 is 6.52. The predicted molar refractivity (Wildman–Crippen MR) is 122 cm³/mol. The number of ether oxygens (including phenoxy) is 1. The third-order valence-electron chi connectivity index (χ3n) is 7.08. The maximum absolute atomic E-state index is 11.5. The number of halogens is 1. The van der Waals surface area contributed by atoms with Gasteiger partial charge in [-0.1, -0.05) is 37.6 Å². The van der Waals surface area contributed by atoms with E-state index in [1.807, 2.05) is 0 Å². The Hall–Kier alpha value is -0.840. The maximum atomic E-state index is 11.5. The molecule has 0 saturated heterocycles. The number of hydrogen-bond acceptors (Lipinski definition) is 4. The zero-order valence-electron chi connectivity index (χ0n) is 18.5. The lowest BCUT2D eigenvalue weighted by Gasteiger charge is -2.45. The van der Waals surface area contributed by atoms with Crippen LogP contribution in [0.3, 0.4) is 0 Å². The van der Waals surface area contributed by atoms with Crippen LogP contribution in [0.15, 0.2) is 24.3 Å². The van der Waals surface area contributed by atoms with E-state index in [1.165, 1.54) is 6.42 Å². The standard InChI is InChI=1S/C25H40ClO4/c1-3-17-30-24(29)14-8-6-5-7-11-19-20(22(27)18-21(19)26)12-9-13-23(28)25(4-2)15-10-16-25/h5,7,9,12,19-23,27-28H,1,3-4,6,8,10-11,13-18H2,2H3/b7-5-,12-9+/t19-,20-,21-,22-,23+/m1/s1. The summed E-state index contributed by atoms with van der Waals surface area (Å²) in [5, 5.41) is 21.0. The molecule has 5 atom stereocenters. The van der Waals surface area contributed by atoms with Gasteiger partial charge in [0.2, 0.25) is 0 Å². The number of hydrogen-bond donors (Lipinski definition) is 2. The highest BCUT2D eigenvalue weighted by molar-refractivity contribution is 6.21. The van der Waals surface area contributed by atoms with Crippen molar-refractivity contribution in [1.29, 1.82) is 0 Å². The second kappa shape index (κ2) is 12.9. The van der Waals surface area contributed by atoms with E-state index in [1.54, 1.807) is 0 Å². The fraction of sp³-hybridized carbons (Fsp3) is 0.760. The summed E-state index contributed by atoms with van der Waals surface area (Å²) in [5.74, 6) is 0.0593. The van der Waals surface area contributed by atoms with E-state index in [9.17, 15) is 15.0 Å². The number of esters is 1. The van der Waals surface area contributed by atoms with Gasteiger partial charge in [0.25, 0.3) is 0 Å². The zero-order chi connectivity index (χ0) is 22.0. The second-order valence-corrected chi connectivity index (χ2v) is 9.54. The van der Waals surface area contributed by atoms with E-state index in [0.717, 1.165) is 38.5 Å². The first kappa shape index (κ1) is 25.4. The normalized spacial score (nSPS) is 29.4. The van der Waals surface area contributed by atoms with Crippen molar-refractivity contribution in [3.8, 4) is 0 Å². The number of alkyl halides is 1. The van der Waals surface area contributed by atoms with Crippen molar-refractivity contribution in [2.45, 2.75) is 95.1 Å². The SMILES string of the molecule is [CH2]CCOC(=O)CCC/C=C\C[C@@H]1[C@@H](/C=C/C[C@H](O)C2(CC)CCC2)[C@H](O)C[C@H]1Cl. The molecule has 0 amide bonds. The van der Waals surface area contributed by atoms with Crippen molar-refractivity contribution in [2.24, 2.45) is 17.3 Å². The zero-order valence-corrected chi connectivity index (χ0v) is 19.2. The minimum atomic E-state index is -0.425. The largest absolute Gasteiger partial charge is 0.466 e. The van der Waals surface area contributed by atoms with Crippen LogP contribution in [0.25, 0.3) is 0 Å². The number of unbranched alkanes of at least 4 members (excludes halogenated alkanes) is 1. The summed E-state index contributed by atoms with van der Waals surface area (Å²) in [7, 11) is 0. The van der Waals surface area contributed by atoms with Crippen molar-refractivity contribution in [3.05, 3.63) is 31.2 Å². The van der Waals surface area contributed by atoms with E-state index in [4.69, 9.17) is 16.3 Å². The number of allylic oxidation sites excluding steroid dienone is 2. The minimum Gasteiger partial charge on any atom is -0.466 e. The number of rotatable bonds is 13. The van der Waals surface area contributed by atoms with Gasteiger partial charge in [-0.05, 0) is 76.0 Å². The molecule has 2 rings (SSSR count). The molecule has 30 heavy (non-hydrogen) atoms. The Balaban J connectivity index is 1.76. The van der Waals surface area contributed by atoms with Gasteiger partial charge >= 0.3 is 5.97 Å². The van der Waals surface area contributed by atoms with Crippen molar-refractivity contribution in [3.63, 3.8) is 0 Å². The Labute approximate surface area is 187 Å². The molecule has 0 aromatic carbocycles. The van der Waals surface area contributed by atoms with Gasteiger partial charge in [0, 0.05) is 17.7 Å². The van der Waals surface area contributed by atoms with Crippen LogP contribution in [-0.2, 0) is 9.53 Å². The number of carbonyl (C=O) groups is 1. The highest BCUT2D eigenvalue weighted by Gasteiger charge is 2.42. The Morgan fingerprint density at radius 2 is 2.10 bits per heavy atom. The fourth-order valence-electron chi connectivity index (χ4n) is 4.83. The monoisotopic (exact) mass is 439 g/mol. The molecule has 2 N–H and O–H groups in total. The molecule has 0 heterocycles. The molecule has 1 radical (unpaired) electrons. The summed E-state index contributed by atoms with van der Waals surface area (Å²) < 4.78 is 5.02. The van der Waals surface area contributed by atoms with Gasteiger partial charge in [-0.3, -0.25) is 4.79 Å². The predicted octanol–water partition coefficient (Wildman–Crippen LogP) is 5.36. The van der Waals surface area contributed by atoms with E-state index in [-0.39, 0.29) is 34.7 Å². The fourth-order valence-corrected chi connectivity index (χ4v) is 5.28. The van der Waals surface area contributed by atoms with Crippen molar-refractivity contribution < 1.29 is 19.7 Å². The van der Waals surface area contributed by atoms with Gasteiger partial charge in [0.1, 0.15) is 0 Å². The molecule has 4 nitrogen and oxygen atoms in total. The summed E-state index contributed by atoms with van der Waals surface area (Å²) in [5.41, 5.74) is 0.107. The van der Waals surface area contributed by atoms with Crippen LogP contribution in [0.1, 0.15) is 77.6 Å². The molecule has 5 heteroatoms. The van der Waals surface area contributed by atoms with E-state index >= 15 is 0 Å². The molecule has 0 spiro atoms. The molecule has 171 valence electrons. The molecule has 0 aromatic heterocycles. The number of aliphatic hydroxyl groups excluding tert-OH is 2. The van der Waals surface area contributed by atoms with Crippen molar-refractivity contribution in [1.82, 2.24) is 0 Å². The second-order valence-electron chi connectivity index (χ2n) is 8.98. The first-order valence-corrected chi connectivity index (χ1v) is 12.1. The summed E-state index contributed by atoms with van der Waals surface area (Å²) in [4.78, 5) is 11.5. The number of aliphatic hydroxyl groups is 2. The first-order valence-electron chi connectivity index (χ1n) is 11.7. The summed E-state index contributed by atoms with van der Waals surface area (Å²) in [6, 6.07) is 0. The first-order chi connectivity index (χ1) is 14.4. The van der Waals surface area contributed by atoms with E-state index in [0.29, 0.717) is 32.3 Å². The molecule has 2 aliphatic rings. The summed E-state index contributed by atoms with van der Waals surface area (Å²) in [6.45, 7) is 6.20. The molecule has 2 saturated carbocycles. The molecule has 0 unspecified atom stereocenters. The van der Waals surface area contributed by atoms with Crippen molar-refractivity contribution in [2.75, 3.05) is 6.61 Å². The third kappa shape index (κ3) is 7.10. The lowest BCUT2D eigenvalue weighted by molar-refractivity contribution is -0.143. The summed E-state index contributed by atoms with van der Waals surface area (Å²) in [6.07, 6.45) is 16.8. The minimum absolute atomic E-state index is 0.0287. The smallest absolute Gasteiger partial charge is 0.305 e. The average Bonchev–Trinajstić information content (AvgIpc) is 2.95. The van der Waals surface area contributed by atoms with Crippen LogP contribution in [-0.4, -0.2) is 40.4 Å². The molecular weight excluding hydrogens is 400 g/mol. The third-order valence-corrected chi connectivity index (χ3v) is 7.58. The highest BCUT2D eigenvalue weighted by atomic mass is 35.5. The Kier molecular flexibility index (Phi) is 10.9. The molecule has 2 aliphatic carbocycles. The van der Waals surface area contributed by atoms with Gasteiger partial charge in [-0.15, -0.1) is 11.6 Å². The highest BCUT2D eigenvalue weighted by Crippen LogP contribution is 2.48. The van der Waals surface area contributed by atoms with Crippen LogP contribution >= 0.6 is 11.6 Å². The lowest BCUT2D eigenvalue weighted by atomic mass is 9.63. The van der Waals surface area contributed by atoms with Crippen LogP contribution < -0.4 is 0 Å². The van der Waals surface area contributed by atoms with E-state index < -0.39 is 6.10 Å².